The Kier molecular flexibility index (Phi) is 4.98. The minimum Gasteiger partial charge on any atom is -0.353 e. The molecule has 7 nitrogen and oxygen atoms in total. The Morgan fingerprint density at radius 1 is 1.44 bits per heavy atom. The maximum absolute atomic E-state index is 12.8. The fourth-order valence-corrected chi connectivity index (χ4v) is 3.60. The van der Waals surface area contributed by atoms with E-state index in [-0.39, 0.29) is 11.5 Å². The van der Waals surface area contributed by atoms with Crippen molar-refractivity contribution in [3.05, 3.63) is 40.3 Å². The standard InChI is InChI=1S/C17H21N5O2S/c1-4-8-18-14(23)6-5-13-19-20-17-21(10-11(2)3)16(24)15-12(22(13)17)7-9-25-15/h4,7,9,11H,1,5-6,8,10H2,2-3H3,(H,18,23). The number of hydrogen-bond acceptors (Lipinski definition) is 5. The first-order valence-electron chi connectivity index (χ1n) is 8.24. The molecular weight excluding hydrogens is 338 g/mol. The van der Waals surface area contributed by atoms with Gasteiger partial charge in [0.25, 0.3) is 5.56 Å². The maximum Gasteiger partial charge on any atom is 0.272 e. The van der Waals surface area contributed by atoms with Gasteiger partial charge in [-0.15, -0.1) is 28.1 Å². The molecule has 132 valence electrons. The minimum absolute atomic E-state index is 0.0334. The second-order valence-electron chi connectivity index (χ2n) is 6.29. The van der Waals surface area contributed by atoms with Crippen LogP contribution in [0.15, 0.2) is 28.9 Å². The van der Waals surface area contributed by atoms with Gasteiger partial charge in [-0.25, -0.2) is 0 Å². The zero-order valence-electron chi connectivity index (χ0n) is 14.4. The van der Waals surface area contributed by atoms with Gasteiger partial charge in [0, 0.05) is 25.9 Å². The summed E-state index contributed by atoms with van der Waals surface area (Å²) in [6.45, 7) is 8.72. The summed E-state index contributed by atoms with van der Waals surface area (Å²) in [7, 11) is 0. The smallest absolute Gasteiger partial charge is 0.272 e. The molecule has 0 aliphatic carbocycles. The lowest BCUT2D eigenvalue weighted by molar-refractivity contribution is -0.120. The SMILES string of the molecule is C=CCNC(=O)CCc1nnc2n(CC(C)C)c(=O)c3sccc3n12. The summed E-state index contributed by atoms with van der Waals surface area (Å²) in [6.07, 6.45) is 2.41. The van der Waals surface area contributed by atoms with E-state index in [4.69, 9.17) is 0 Å². The number of hydrogen-bond donors (Lipinski definition) is 1. The van der Waals surface area contributed by atoms with Crippen molar-refractivity contribution < 1.29 is 4.79 Å². The Hall–Kier alpha value is -2.48. The highest BCUT2D eigenvalue weighted by Gasteiger charge is 2.18. The van der Waals surface area contributed by atoms with E-state index >= 15 is 0 Å². The number of aryl methyl sites for hydroxylation is 1. The molecule has 0 unspecified atom stereocenters. The van der Waals surface area contributed by atoms with Gasteiger partial charge in [0.2, 0.25) is 11.7 Å². The summed E-state index contributed by atoms with van der Waals surface area (Å²) in [6, 6.07) is 1.90. The Morgan fingerprint density at radius 3 is 2.96 bits per heavy atom. The van der Waals surface area contributed by atoms with E-state index in [9.17, 15) is 9.59 Å². The molecule has 3 aromatic rings. The summed E-state index contributed by atoms with van der Waals surface area (Å²) in [5, 5.41) is 13.1. The molecule has 3 heterocycles. The first kappa shape index (κ1) is 17.3. The molecule has 0 aliphatic rings. The fraction of sp³-hybridized carbons (Fsp3) is 0.412. The first-order chi connectivity index (χ1) is 12.0. The van der Waals surface area contributed by atoms with Gasteiger partial charge >= 0.3 is 0 Å². The largest absolute Gasteiger partial charge is 0.353 e. The highest BCUT2D eigenvalue weighted by atomic mass is 32.1. The molecule has 0 aromatic carbocycles. The molecular formula is C17H21N5O2S. The zero-order valence-corrected chi connectivity index (χ0v) is 15.2. The molecule has 0 bridgehead atoms. The third-order valence-corrected chi connectivity index (χ3v) is 4.74. The van der Waals surface area contributed by atoms with Gasteiger partial charge in [-0.1, -0.05) is 19.9 Å². The van der Waals surface area contributed by atoms with Gasteiger partial charge in [-0.05, 0) is 17.4 Å². The van der Waals surface area contributed by atoms with Crippen LogP contribution in [0.3, 0.4) is 0 Å². The van der Waals surface area contributed by atoms with E-state index in [0.717, 1.165) is 5.52 Å². The third kappa shape index (κ3) is 3.34. The van der Waals surface area contributed by atoms with E-state index < -0.39 is 0 Å². The number of nitrogens with one attached hydrogen (secondary N) is 1. The molecule has 3 rings (SSSR count). The fourth-order valence-electron chi connectivity index (χ4n) is 2.77. The van der Waals surface area contributed by atoms with E-state index in [2.05, 4.69) is 35.9 Å². The van der Waals surface area contributed by atoms with Crippen LogP contribution >= 0.6 is 11.3 Å². The van der Waals surface area contributed by atoms with Gasteiger partial charge in [0.15, 0.2) is 0 Å². The predicted molar refractivity (Wildman–Crippen MR) is 99.0 cm³/mol. The number of carbonyl (C=O) groups excluding carboxylic acids is 1. The average molecular weight is 359 g/mol. The van der Waals surface area contributed by atoms with Crippen molar-refractivity contribution in [1.82, 2.24) is 24.5 Å². The number of rotatable bonds is 7. The van der Waals surface area contributed by atoms with Crippen LogP contribution in [-0.4, -0.2) is 31.6 Å². The summed E-state index contributed by atoms with van der Waals surface area (Å²) in [5.74, 6) is 1.47. The second-order valence-corrected chi connectivity index (χ2v) is 7.21. The second kappa shape index (κ2) is 7.18. The Bertz CT molecular complexity index is 982. The van der Waals surface area contributed by atoms with Gasteiger partial charge in [0.05, 0.1) is 5.52 Å². The number of fused-ring (bicyclic) bond motifs is 3. The van der Waals surface area contributed by atoms with Crippen LogP contribution < -0.4 is 10.9 Å². The summed E-state index contributed by atoms with van der Waals surface area (Å²) in [5.41, 5.74) is 0.769. The minimum atomic E-state index is -0.0614. The molecule has 0 saturated heterocycles. The summed E-state index contributed by atoms with van der Waals surface area (Å²) >= 11 is 1.42. The van der Waals surface area contributed by atoms with E-state index in [1.54, 1.807) is 10.6 Å². The Morgan fingerprint density at radius 2 is 2.24 bits per heavy atom. The van der Waals surface area contributed by atoms with E-state index in [0.29, 0.717) is 48.2 Å². The maximum atomic E-state index is 12.8. The van der Waals surface area contributed by atoms with Crippen LogP contribution in [0, 0.1) is 5.92 Å². The van der Waals surface area contributed by atoms with Crippen molar-refractivity contribution >= 4 is 33.2 Å². The molecule has 1 amide bonds. The quantitative estimate of drug-likeness (QED) is 0.654. The van der Waals surface area contributed by atoms with Crippen molar-refractivity contribution in [1.29, 1.82) is 0 Å². The van der Waals surface area contributed by atoms with Crippen LogP contribution in [0.5, 0.6) is 0 Å². The highest BCUT2D eigenvalue weighted by molar-refractivity contribution is 7.17. The lowest BCUT2D eigenvalue weighted by Crippen LogP contribution is -2.25. The van der Waals surface area contributed by atoms with Crippen LogP contribution in [0.4, 0.5) is 0 Å². The summed E-state index contributed by atoms with van der Waals surface area (Å²) < 4.78 is 4.26. The molecule has 0 aliphatic heterocycles. The van der Waals surface area contributed by atoms with Crippen molar-refractivity contribution in [3.63, 3.8) is 0 Å². The van der Waals surface area contributed by atoms with Crippen molar-refractivity contribution in [3.8, 4) is 0 Å². The molecule has 0 radical (unpaired) electrons. The van der Waals surface area contributed by atoms with Gasteiger partial charge in [-0.3, -0.25) is 18.6 Å². The number of aromatic nitrogens is 4. The van der Waals surface area contributed by atoms with Crippen LogP contribution in [0.25, 0.3) is 16.0 Å². The molecule has 0 spiro atoms. The number of thiophene rings is 1. The number of nitrogens with zero attached hydrogens (tertiary/aromatic N) is 4. The van der Waals surface area contributed by atoms with Crippen LogP contribution in [0.1, 0.15) is 26.1 Å². The normalized spacial score (nSPS) is 11.5. The van der Waals surface area contributed by atoms with Gasteiger partial charge < -0.3 is 5.32 Å². The molecule has 25 heavy (non-hydrogen) atoms. The third-order valence-electron chi connectivity index (χ3n) is 3.85. The molecule has 1 N–H and O–H groups in total. The predicted octanol–water partition coefficient (Wildman–Crippen LogP) is 2.00. The molecule has 3 aromatic heterocycles. The van der Waals surface area contributed by atoms with Gasteiger partial charge in [0.1, 0.15) is 10.5 Å². The first-order valence-corrected chi connectivity index (χ1v) is 9.12. The monoisotopic (exact) mass is 359 g/mol. The number of carbonyl (C=O) groups is 1. The van der Waals surface area contributed by atoms with Crippen molar-refractivity contribution in [2.45, 2.75) is 33.2 Å². The average Bonchev–Trinajstić information content (AvgIpc) is 3.20. The van der Waals surface area contributed by atoms with E-state index in [1.165, 1.54) is 11.3 Å². The lowest BCUT2D eigenvalue weighted by atomic mass is 10.2. The molecule has 0 atom stereocenters. The Balaban J connectivity index is 2.04. The lowest BCUT2D eigenvalue weighted by Gasteiger charge is -2.11. The molecule has 0 saturated carbocycles. The summed E-state index contributed by atoms with van der Waals surface area (Å²) in [4.78, 5) is 24.6. The topological polar surface area (TPSA) is 81.3 Å². The molecule has 8 heteroatoms. The van der Waals surface area contributed by atoms with E-state index in [1.807, 2.05) is 15.8 Å². The number of amides is 1. The van der Waals surface area contributed by atoms with Gasteiger partial charge in [-0.2, -0.15) is 0 Å². The zero-order chi connectivity index (χ0) is 18.0. The van der Waals surface area contributed by atoms with Crippen LogP contribution in [0.2, 0.25) is 0 Å². The Labute approximate surface area is 149 Å². The van der Waals surface area contributed by atoms with Crippen LogP contribution in [-0.2, 0) is 17.8 Å². The van der Waals surface area contributed by atoms with Crippen molar-refractivity contribution in [2.75, 3.05) is 6.54 Å². The highest BCUT2D eigenvalue weighted by Crippen LogP contribution is 2.20. The van der Waals surface area contributed by atoms with Crippen molar-refractivity contribution in [2.24, 2.45) is 5.92 Å². The molecule has 0 fully saturated rings.